The van der Waals surface area contributed by atoms with Crippen molar-refractivity contribution in [2.75, 3.05) is 5.32 Å². The van der Waals surface area contributed by atoms with Crippen LogP contribution in [0.1, 0.15) is 38.2 Å². The number of carbonyl (C=O) groups excluding carboxylic acids is 1. The number of unbranched alkanes of at least 4 members (excludes halogenated alkanes) is 2. The number of hydrogen-bond acceptors (Lipinski definition) is 2. The lowest BCUT2D eigenvalue weighted by Crippen LogP contribution is -2.19. The molecule has 4 heteroatoms. The number of aromatic nitrogens is 1. The van der Waals surface area contributed by atoms with Crippen LogP contribution in [-0.4, -0.2) is 10.9 Å². The van der Waals surface area contributed by atoms with Gasteiger partial charge in [0.1, 0.15) is 5.69 Å². The predicted octanol–water partition coefficient (Wildman–Crippen LogP) is 3.36. The summed E-state index contributed by atoms with van der Waals surface area (Å²) in [5.74, 6) is -0.100. The minimum Gasteiger partial charge on any atom is -0.321 e. The van der Waals surface area contributed by atoms with Crippen LogP contribution in [-0.2, 0) is 4.79 Å². The van der Waals surface area contributed by atoms with Crippen LogP contribution in [0, 0.1) is 6.92 Å². The molecule has 2 N–H and O–H groups in total. The molecule has 1 heterocycles. The zero-order valence-electron chi connectivity index (χ0n) is 12.0. The monoisotopic (exact) mass is 272 g/mol. The van der Waals surface area contributed by atoms with E-state index < -0.39 is 0 Å². The van der Waals surface area contributed by atoms with Crippen LogP contribution in [0.25, 0.3) is 10.9 Å². The van der Waals surface area contributed by atoms with Gasteiger partial charge in [-0.3, -0.25) is 9.59 Å². The average molecular weight is 272 g/mol. The molecule has 0 atom stereocenters. The summed E-state index contributed by atoms with van der Waals surface area (Å²) in [6.07, 6.45) is 3.41. The third-order valence-electron chi connectivity index (χ3n) is 3.39. The van der Waals surface area contributed by atoms with Crippen molar-refractivity contribution in [2.45, 2.75) is 39.5 Å². The highest BCUT2D eigenvalue weighted by Gasteiger charge is 2.08. The van der Waals surface area contributed by atoms with Crippen molar-refractivity contribution < 1.29 is 4.79 Å². The number of nitrogens with one attached hydrogen (secondary N) is 2. The van der Waals surface area contributed by atoms with Crippen LogP contribution in [0.4, 0.5) is 5.69 Å². The first-order valence-corrected chi connectivity index (χ1v) is 7.04. The molecule has 0 aliphatic heterocycles. The molecule has 1 amide bonds. The lowest BCUT2D eigenvalue weighted by Gasteiger charge is -2.07. The smallest absolute Gasteiger partial charge is 0.272 e. The van der Waals surface area contributed by atoms with E-state index in [0.29, 0.717) is 12.1 Å². The fourth-order valence-electron chi connectivity index (χ4n) is 2.22. The first-order chi connectivity index (χ1) is 9.61. The van der Waals surface area contributed by atoms with Gasteiger partial charge in [0.15, 0.2) is 0 Å². The highest BCUT2D eigenvalue weighted by molar-refractivity contribution is 5.93. The zero-order valence-corrected chi connectivity index (χ0v) is 12.0. The summed E-state index contributed by atoms with van der Waals surface area (Å²) in [4.78, 5) is 26.5. The third-order valence-corrected chi connectivity index (χ3v) is 3.39. The molecule has 0 saturated heterocycles. The van der Waals surface area contributed by atoms with Gasteiger partial charge in [-0.2, -0.15) is 0 Å². The summed E-state index contributed by atoms with van der Waals surface area (Å²) >= 11 is 0. The Kier molecular flexibility index (Phi) is 4.56. The molecule has 106 valence electrons. The summed E-state index contributed by atoms with van der Waals surface area (Å²) in [6, 6.07) is 7.49. The standard InChI is InChI=1S/C16H20N2O2/c1-3-4-5-9-15(19)17-14-10-12-11(2)7-6-8-13(12)18-16(14)20/h6-8,10H,3-5,9H2,1-2H3,(H,17,19)(H,18,20). The maximum Gasteiger partial charge on any atom is 0.272 e. The van der Waals surface area contributed by atoms with Crippen molar-refractivity contribution in [2.24, 2.45) is 0 Å². The molecule has 2 rings (SSSR count). The Hall–Kier alpha value is -2.10. The molecule has 1 aromatic carbocycles. The summed E-state index contributed by atoms with van der Waals surface area (Å²) < 4.78 is 0. The van der Waals surface area contributed by atoms with Gasteiger partial charge in [0, 0.05) is 17.3 Å². The quantitative estimate of drug-likeness (QED) is 0.820. The molecule has 20 heavy (non-hydrogen) atoms. The Labute approximate surface area is 118 Å². The molecule has 0 fully saturated rings. The SMILES string of the molecule is CCCCCC(=O)Nc1cc2c(C)cccc2[nH]c1=O. The van der Waals surface area contributed by atoms with Crippen molar-refractivity contribution >= 4 is 22.5 Å². The summed E-state index contributed by atoms with van der Waals surface area (Å²) in [6.45, 7) is 4.07. The highest BCUT2D eigenvalue weighted by atomic mass is 16.2. The van der Waals surface area contributed by atoms with E-state index in [0.717, 1.165) is 35.7 Å². The number of rotatable bonds is 5. The minimum atomic E-state index is -0.257. The number of pyridine rings is 1. The maximum absolute atomic E-state index is 11.9. The maximum atomic E-state index is 11.9. The Morgan fingerprint density at radius 2 is 2.10 bits per heavy atom. The van der Waals surface area contributed by atoms with E-state index in [1.165, 1.54) is 0 Å². The van der Waals surface area contributed by atoms with Gasteiger partial charge in [-0.15, -0.1) is 0 Å². The number of amides is 1. The van der Waals surface area contributed by atoms with Crippen LogP contribution in [0.15, 0.2) is 29.1 Å². The molecule has 4 nitrogen and oxygen atoms in total. The molecule has 0 saturated carbocycles. The molecule has 0 spiro atoms. The second-order valence-corrected chi connectivity index (χ2v) is 5.05. The van der Waals surface area contributed by atoms with Crippen LogP contribution in [0.2, 0.25) is 0 Å². The van der Waals surface area contributed by atoms with Crippen LogP contribution >= 0.6 is 0 Å². The Morgan fingerprint density at radius 1 is 1.30 bits per heavy atom. The number of aromatic amines is 1. The average Bonchev–Trinajstić information content (AvgIpc) is 2.41. The predicted molar refractivity (Wildman–Crippen MR) is 82.1 cm³/mol. The largest absolute Gasteiger partial charge is 0.321 e. The van der Waals surface area contributed by atoms with Crippen LogP contribution in [0.3, 0.4) is 0 Å². The fourth-order valence-corrected chi connectivity index (χ4v) is 2.22. The van der Waals surface area contributed by atoms with Crippen LogP contribution < -0.4 is 10.9 Å². The lowest BCUT2D eigenvalue weighted by molar-refractivity contribution is -0.116. The first kappa shape index (κ1) is 14.3. The number of aryl methyl sites for hydroxylation is 1. The lowest BCUT2D eigenvalue weighted by atomic mass is 10.1. The van der Waals surface area contributed by atoms with Crippen molar-refractivity contribution in [3.63, 3.8) is 0 Å². The number of hydrogen-bond donors (Lipinski definition) is 2. The highest BCUT2D eigenvalue weighted by Crippen LogP contribution is 2.17. The number of fused-ring (bicyclic) bond motifs is 1. The molecule has 0 radical (unpaired) electrons. The topological polar surface area (TPSA) is 62.0 Å². The molecule has 2 aromatic rings. The van der Waals surface area contributed by atoms with E-state index in [1.807, 2.05) is 25.1 Å². The van der Waals surface area contributed by atoms with Crippen molar-refractivity contribution in [3.8, 4) is 0 Å². The van der Waals surface area contributed by atoms with Crippen molar-refractivity contribution in [1.82, 2.24) is 4.98 Å². The molecule has 0 unspecified atom stereocenters. The van der Waals surface area contributed by atoms with E-state index in [1.54, 1.807) is 6.07 Å². The van der Waals surface area contributed by atoms with E-state index in [-0.39, 0.29) is 11.5 Å². The Balaban J connectivity index is 2.22. The van der Waals surface area contributed by atoms with Gasteiger partial charge < -0.3 is 10.3 Å². The molecule has 0 aliphatic carbocycles. The number of benzene rings is 1. The molecular weight excluding hydrogens is 252 g/mol. The summed E-state index contributed by atoms with van der Waals surface area (Å²) in [5, 5.41) is 3.66. The van der Waals surface area contributed by atoms with E-state index in [9.17, 15) is 9.59 Å². The van der Waals surface area contributed by atoms with Gasteiger partial charge in [-0.25, -0.2) is 0 Å². The fraction of sp³-hybridized carbons (Fsp3) is 0.375. The van der Waals surface area contributed by atoms with Gasteiger partial charge in [0.2, 0.25) is 5.91 Å². The van der Waals surface area contributed by atoms with E-state index in [2.05, 4.69) is 17.2 Å². The summed E-state index contributed by atoms with van der Waals surface area (Å²) in [5.41, 5.74) is 1.93. The number of H-pyrrole nitrogens is 1. The van der Waals surface area contributed by atoms with Gasteiger partial charge in [0.05, 0.1) is 0 Å². The second-order valence-electron chi connectivity index (χ2n) is 5.05. The Bertz CT molecular complexity index is 674. The first-order valence-electron chi connectivity index (χ1n) is 7.04. The second kappa shape index (κ2) is 6.37. The van der Waals surface area contributed by atoms with Crippen molar-refractivity contribution in [3.05, 3.63) is 40.2 Å². The molecule has 0 aliphatic rings. The van der Waals surface area contributed by atoms with Gasteiger partial charge in [-0.05, 0) is 31.0 Å². The molecule has 0 bridgehead atoms. The van der Waals surface area contributed by atoms with Gasteiger partial charge >= 0.3 is 0 Å². The van der Waals surface area contributed by atoms with E-state index >= 15 is 0 Å². The van der Waals surface area contributed by atoms with Crippen molar-refractivity contribution in [1.29, 1.82) is 0 Å². The van der Waals surface area contributed by atoms with Gasteiger partial charge in [-0.1, -0.05) is 31.9 Å². The van der Waals surface area contributed by atoms with Crippen LogP contribution in [0.5, 0.6) is 0 Å². The third kappa shape index (κ3) is 3.26. The zero-order chi connectivity index (χ0) is 14.5. The number of carbonyl (C=O) groups is 1. The molecule has 1 aromatic heterocycles. The molecular formula is C16H20N2O2. The van der Waals surface area contributed by atoms with Gasteiger partial charge in [0.25, 0.3) is 5.56 Å². The normalized spacial score (nSPS) is 10.7. The number of anilines is 1. The Morgan fingerprint density at radius 3 is 2.85 bits per heavy atom. The minimum absolute atomic E-state index is 0.100. The summed E-state index contributed by atoms with van der Waals surface area (Å²) in [7, 11) is 0. The van der Waals surface area contributed by atoms with E-state index in [4.69, 9.17) is 0 Å².